The number of likely N-dealkylation sites (tertiary alicyclic amines) is 1. The first-order valence-electron chi connectivity index (χ1n) is 16.4. The van der Waals surface area contributed by atoms with Gasteiger partial charge in [0.15, 0.2) is 0 Å². The smallest absolute Gasteiger partial charge is 0.248 e. The molecule has 3 fully saturated rings. The van der Waals surface area contributed by atoms with Crippen molar-refractivity contribution in [3.63, 3.8) is 0 Å². The van der Waals surface area contributed by atoms with Crippen molar-refractivity contribution >= 4 is 15.9 Å². The Morgan fingerprint density at radius 3 is 2.24 bits per heavy atom. The van der Waals surface area contributed by atoms with Crippen molar-refractivity contribution in [3.05, 3.63) is 58.9 Å². The van der Waals surface area contributed by atoms with Crippen LogP contribution in [0, 0.1) is 25.1 Å². The Balaban J connectivity index is 1.14. The third kappa shape index (κ3) is 6.94. The average molecular weight is 644 g/mol. The highest BCUT2D eigenvalue weighted by atomic mass is 32.2. The van der Waals surface area contributed by atoms with Crippen molar-refractivity contribution in [2.75, 3.05) is 54.1 Å². The van der Waals surface area contributed by atoms with E-state index in [9.17, 15) is 17.6 Å². The van der Waals surface area contributed by atoms with Gasteiger partial charge in [0.05, 0.1) is 18.6 Å². The van der Waals surface area contributed by atoms with Gasteiger partial charge in [-0.2, -0.15) is 4.31 Å². The number of hydrogen-bond donors (Lipinski definition) is 0. The lowest BCUT2D eigenvalue weighted by Crippen LogP contribution is -2.51. The molecular formula is C35H50FN3O5S. The Kier molecular flexibility index (Phi) is 10.3. The predicted octanol–water partition coefficient (Wildman–Crippen LogP) is 5.65. The summed E-state index contributed by atoms with van der Waals surface area (Å²) in [6.07, 6.45) is 8.40. The average Bonchev–Trinajstić information content (AvgIpc) is 3.01. The van der Waals surface area contributed by atoms with E-state index >= 15 is 0 Å². The van der Waals surface area contributed by atoms with Crippen LogP contribution in [0.1, 0.15) is 74.5 Å². The van der Waals surface area contributed by atoms with Crippen LogP contribution in [0.3, 0.4) is 0 Å². The molecule has 5 rings (SSSR count). The molecule has 8 nitrogen and oxygen atoms in total. The number of benzene rings is 2. The molecule has 45 heavy (non-hydrogen) atoms. The van der Waals surface area contributed by atoms with Gasteiger partial charge in [-0.3, -0.25) is 9.69 Å². The van der Waals surface area contributed by atoms with Crippen LogP contribution in [-0.4, -0.2) is 88.5 Å². The Hall–Kier alpha value is -2.53. The number of nitrogens with zero attached hydrogens (tertiary/aromatic N) is 3. The Labute approximate surface area is 268 Å². The van der Waals surface area contributed by atoms with Crippen molar-refractivity contribution in [2.24, 2.45) is 5.41 Å². The van der Waals surface area contributed by atoms with Crippen LogP contribution in [0.15, 0.2) is 41.3 Å². The number of carbonyl (C=O) groups is 1. The molecule has 1 unspecified atom stereocenters. The summed E-state index contributed by atoms with van der Waals surface area (Å²) in [7, 11) is 2.02. The van der Waals surface area contributed by atoms with Gasteiger partial charge in [-0.1, -0.05) is 18.6 Å². The van der Waals surface area contributed by atoms with Crippen LogP contribution in [0.4, 0.5) is 4.39 Å². The van der Waals surface area contributed by atoms with Gasteiger partial charge in [0.25, 0.3) is 0 Å². The summed E-state index contributed by atoms with van der Waals surface area (Å²) in [6.45, 7) is 5.61. The molecule has 2 heterocycles. The number of ether oxygens (including phenoxy) is 2. The molecule has 0 radical (unpaired) electrons. The zero-order valence-electron chi connectivity index (χ0n) is 27.6. The molecule has 2 aliphatic heterocycles. The number of aryl methyl sites for hydroxylation is 2. The number of rotatable bonds is 9. The van der Waals surface area contributed by atoms with E-state index in [1.807, 2.05) is 11.0 Å². The molecular weight excluding hydrogens is 593 g/mol. The summed E-state index contributed by atoms with van der Waals surface area (Å²) in [5.74, 6) is 0.414. The number of carbonyl (C=O) groups excluding carboxylic acids is 1. The normalized spacial score (nSPS) is 22.1. The summed E-state index contributed by atoms with van der Waals surface area (Å²) in [5.41, 5.74) is 2.41. The molecule has 10 heteroatoms. The van der Waals surface area contributed by atoms with E-state index in [1.54, 1.807) is 49.5 Å². The zero-order chi connectivity index (χ0) is 32.4. The van der Waals surface area contributed by atoms with Gasteiger partial charge in [0.2, 0.25) is 15.9 Å². The quantitative estimate of drug-likeness (QED) is 0.352. The topological polar surface area (TPSA) is 79.4 Å². The van der Waals surface area contributed by atoms with Crippen molar-refractivity contribution in [3.8, 4) is 5.75 Å². The van der Waals surface area contributed by atoms with Crippen molar-refractivity contribution in [1.29, 1.82) is 0 Å². The Morgan fingerprint density at radius 1 is 0.978 bits per heavy atom. The molecule has 2 saturated heterocycles. The van der Waals surface area contributed by atoms with Gasteiger partial charge < -0.3 is 14.4 Å². The van der Waals surface area contributed by atoms with Crippen molar-refractivity contribution < 1.29 is 27.1 Å². The van der Waals surface area contributed by atoms with E-state index in [0.29, 0.717) is 47.8 Å². The Morgan fingerprint density at radius 2 is 1.64 bits per heavy atom. The second kappa shape index (κ2) is 13.7. The first-order chi connectivity index (χ1) is 21.4. The number of methoxy groups -OCH3 is 1. The van der Waals surface area contributed by atoms with Crippen LogP contribution < -0.4 is 4.74 Å². The molecule has 1 amide bonds. The van der Waals surface area contributed by atoms with Gasteiger partial charge in [0.1, 0.15) is 18.2 Å². The van der Waals surface area contributed by atoms with Crippen LogP contribution in [0.5, 0.6) is 5.75 Å². The van der Waals surface area contributed by atoms with E-state index in [4.69, 9.17) is 9.47 Å². The van der Waals surface area contributed by atoms with Crippen molar-refractivity contribution in [1.82, 2.24) is 14.1 Å². The monoisotopic (exact) mass is 643 g/mol. The molecule has 0 bridgehead atoms. The van der Waals surface area contributed by atoms with Gasteiger partial charge in [-0.05, 0) is 126 Å². The summed E-state index contributed by atoms with van der Waals surface area (Å²) in [5, 5.41) is 0. The first kappa shape index (κ1) is 33.8. The molecule has 248 valence electrons. The molecule has 0 aromatic heterocycles. The molecule has 1 aliphatic carbocycles. The summed E-state index contributed by atoms with van der Waals surface area (Å²) >= 11 is 0. The molecule has 1 spiro atoms. The van der Waals surface area contributed by atoms with E-state index in [1.165, 1.54) is 6.07 Å². The van der Waals surface area contributed by atoms with Gasteiger partial charge >= 0.3 is 0 Å². The van der Waals surface area contributed by atoms with E-state index in [2.05, 4.69) is 19.0 Å². The third-order valence-electron chi connectivity index (χ3n) is 10.9. The molecule has 1 atom stereocenters. The third-order valence-corrected chi connectivity index (χ3v) is 13.1. The van der Waals surface area contributed by atoms with Crippen LogP contribution in [0.25, 0.3) is 0 Å². The summed E-state index contributed by atoms with van der Waals surface area (Å²) < 4.78 is 54.6. The van der Waals surface area contributed by atoms with Gasteiger partial charge in [0, 0.05) is 31.2 Å². The molecule has 1 saturated carbocycles. The zero-order valence-corrected chi connectivity index (χ0v) is 28.4. The maximum absolute atomic E-state index is 14.1. The van der Waals surface area contributed by atoms with Crippen LogP contribution in [0.2, 0.25) is 0 Å². The highest BCUT2D eigenvalue weighted by Crippen LogP contribution is 2.52. The van der Waals surface area contributed by atoms with E-state index < -0.39 is 10.0 Å². The largest absolute Gasteiger partial charge is 0.497 e. The minimum Gasteiger partial charge on any atom is -0.497 e. The Bertz CT molecular complexity index is 1440. The fraction of sp³-hybridized carbons (Fsp3) is 0.629. The highest BCUT2D eigenvalue weighted by Gasteiger charge is 2.46. The fourth-order valence-electron chi connectivity index (χ4n) is 8.08. The molecule has 2 aromatic carbocycles. The number of sulfonamides is 1. The summed E-state index contributed by atoms with van der Waals surface area (Å²) in [6, 6.07) is 10.2. The molecule has 2 aromatic rings. The SMILES string of the molecule is COc1cc(C)c(S(=O)(=O)N2CCCCC2COCC(=O)N2CCC3(CC2)CCC(c2cccc(F)c2)(N(C)C)CC3)c(C)c1. The van der Waals surface area contributed by atoms with Crippen LogP contribution >= 0.6 is 0 Å². The number of halogens is 1. The first-order valence-corrected chi connectivity index (χ1v) is 17.8. The second-order valence-electron chi connectivity index (χ2n) is 13.7. The summed E-state index contributed by atoms with van der Waals surface area (Å²) in [4.78, 5) is 17.7. The van der Waals surface area contributed by atoms with Crippen molar-refractivity contribution in [2.45, 2.75) is 88.1 Å². The van der Waals surface area contributed by atoms with E-state index in [-0.39, 0.29) is 41.9 Å². The second-order valence-corrected chi connectivity index (χ2v) is 15.5. The number of amides is 1. The standard InChI is InChI=1S/C35H50FN3O5S/c1-26-21-31(43-5)22-27(2)33(26)45(41,42)39-18-7-6-11-30(39)24-44-25-32(40)38-19-16-34(17-20-38)12-14-35(15-13-34,37(3)4)28-9-8-10-29(36)23-28/h8-10,21-23,30H,6-7,11-20,24-25H2,1-5H3. The maximum atomic E-state index is 14.1. The van der Waals surface area contributed by atoms with Crippen LogP contribution in [-0.2, 0) is 25.1 Å². The fourth-order valence-corrected chi connectivity index (χ4v) is 10.2. The number of piperidine rings is 2. The highest BCUT2D eigenvalue weighted by molar-refractivity contribution is 7.89. The number of hydrogen-bond acceptors (Lipinski definition) is 6. The van der Waals surface area contributed by atoms with Gasteiger partial charge in [-0.15, -0.1) is 0 Å². The lowest BCUT2D eigenvalue weighted by molar-refractivity contribution is -0.139. The lowest BCUT2D eigenvalue weighted by Gasteiger charge is -2.52. The minimum absolute atomic E-state index is 0.0323. The molecule has 3 aliphatic rings. The lowest BCUT2D eigenvalue weighted by atomic mass is 9.61. The molecule has 0 N–H and O–H groups in total. The maximum Gasteiger partial charge on any atom is 0.248 e. The minimum atomic E-state index is -3.74. The van der Waals surface area contributed by atoms with E-state index in [0.717, 1.165) is 56.9 Å². The predicted molar refractivity (Wildman–Crippen MR) is 173 cm³/mol. The van der Waals surface area contributed by atoms with Gasteiger partial charge in [-0.25, -0.2) is 12.8 Å².